The van der Waals surface area contributed by atoms with Crippen LogP contribution in [0.3, 0.4) is 0 Å². The highest BCUT2D eigenvalue weighted by atomic mass is 32.2. The Morgan fingerprint density at radius 1 is 1.38 bits per heavy atom. The zero-order valence-corrected chi connectivity index (χ0v) is 12.5. The van der Waals surface area contributed by atoms with E-state index in [1.54, 1.807) is 0 Å². The van der Waals surface area contributed by atoms with Crippen LogP contribution in [0.4, 0.5) is 10.1 Å². The molecule has 0 spiro atoms. The molecule has 118 valence electrons. The maximum absolute atomic E-state index is 13.7. The van der Waals surface area contributed by atoms with Gasteiger partial charge in [0.15, 0.2) is 0 Å². The molecule has 0 radical (unpaired) electrons. The summed E-state index contributed by atoms with van der Waals surface area (Å²) in [5, 5.41) is 11.1. The van der Waals surface area contributed by atoms with Crippen molar-refractivity contribution in [2.24, 2.45) is 5.14 Å². The highest BCUT2D eigenvalue weighted by Gasteiger charge is 2.13. The van der Waals surface area contributed by atoms with Gasteiger partial charge in [0, 0.05) is 6.54 Å². The van der Waals surface area contributed by atoms with Gasteiger partial charge in [0.1, 0.15) is 5.82 Å². The smallest absolute Gasteiger partial charge is 0.238 e. The average Bonchev–Trinajstić information content (AvgIpc) is 2.45. The summed E-state index contributed by atoms with van der Waals surface area (Å²) in [6, 6.07) is 3.54. The van der Waals surface area contributed by atoms with Crippen molar-refractivity contribution in [2.45, 2.75) is 23.8 Å². The molecule has 0 unspecified atom stereocenters. The number of anilines is 1. The lowest BCUT2D eigenvalue weighted by Crippen LogP contribution is -2.33. The standard InChI is InChI=1S/C13H20FN3O3S/c14-12-9-11(21(15,18)19)1-2-13(12)17-7-8-20-10-3-5-16-6-4-10/h1-2,9-10,16-17H,3-8H2,(H2,15,18,19). The quantitative estimate of drug-likeness (QED) is 0.670. The summed E-state index contributed by atoms with van der Waals surface area (Å²) in [7, 11) is -3.88. The van der Waals surface area contributed by atoms with Crippen molar-refractivity contribution in [3.63, 3.8) is 0 Å². The lowest BCUT2D eigenvalue weighted by atomic mass is 10.1. The van der Waals surface area contributed by atoms with Crippen LogP contribution in [0.15, 0.2) is 23.1 Å². The monoisotopic (exact) mass is 317 g/mol. The molecule has 2 rings (SSSR count). The zero-order valence-electron chi connectivity index (χ0n) is 11.6. The van der Waals surface area contributed by atoms with Gasteiger partial charge in [-0.3, -0.25) is 0 Å². The molecule has 1 aromatic carbocycles. The Kier molecular flexibility index (Phi) is 5.51. The fourth-order valence-electron chi connectivity index (χ4n) is 2.19. The molecule has 0 amide bonds. The number of nitrogens with two attached hydrogens (primary N) is 1. The first kappa shape index (κ1) is 16.2. The minimum atomic E-state index is -3.88. The van der Waals surface area contributed by atoms with E-state index >= 15 is 0 Å². The number of ether oxygens (including phenoxy) is 1. The lowest BCUT2D eigenvalue weighted by molar-refractivity contribution is 0.0394. The highest BCUT2D eigenvalue weighted by Crippen LogP contribution is 2.18. The van der Waals surface area contributed by atoms with Crippen LogP contribution < -0.4 is 15.8 Å². The van der Waals surface area contributed by atoms with E-state index < -0.39 is 15.8 Å². The lowest BCUT2D eigenvalue weighted by Gasteiger charge is -2.23. The van der Waals surface area contributed by atoms with E-state index in [0.29, 0.717) is 13.2 Å². The molecule has 4 N–H and O–H groups in total. The highest BCUT2D eigenvalue weighted by molar-refractivity contribution is 7.89. The van der Waals surface area contributed by atoms with Gasteiger partial charge in [-0.15, -0.1) is 0 Å². The topological polar surface area (TPSA) is 93.5 Å². The van der Waals surface area contributed by atoms with Gasteiger partial charge >= 0.3 is 0 Å². The molecule has 1 aliphatic heterocycles. The summed E-state index contributed by atoms with van der Waals surface area (Å²) >= 11 is 0. The molecule has 1 saturated heterocycles. The number of halogens is 1. The Morgan fingerprint density at radius 2 is 2.10 bits per heavy atom. The van der Waals surface area contributed by atoms with Crippen molar-refractivity contribution in [3.8, 4) is 0 Å². The van der Waals surface area contributed by atoms with E-state index in [-0.39, 0.29) is 16.7 Å². The van der Waals surface area contributed by atoms with Gasteiger partial charge in [0.25, 0.3) is 0 Å². The number of hydrogen-bond donors (Lipinski definition) is 3. The van der Waals surface area contributed by atoms with Crippen molar-refractivity contribution in [1.29, 1.82) is 0 Å². The molecule has 0 bridgehead atoms. The first-order chi connectivity index (χ1) is 9.97. The van der Waals surface area contributed by atoms with Crippen LogP contribution in [0.25, 0.3) is 0 Å². The van der Waals surface area contributed by atoms with Crippen LogP contribution in [-0.2, 0) is 14.8 Å². The van der Waals surface area contributed by atoms with Gasteiger partial charge in [0.05, 0.1) is 23.3 Å². The van der Waals surface area contributed by atoms with E-state index in [1.165, 1.54) is 12.1 Å². The minimum Gasteiger partial charge on any atom is -0.380 e. The first-order valence-electron chi connectivity index (χ1n) is 6.85. The van der Waals surface area contributed by atoms with Crippen molar-refractivity contribution in [1.82, 2.24) is 5.32 Å². The van der Waals surface area contributed by atoms with Gasteiger partial charge in [-0.05, 0) is 44.1 Å². The fraction of sp³-hybridized carbons (Fsp3) is 0.538. The summed E-state index contributed by atoms with van der Waals surface area (Å²) in [5.74, 6) is -0.650. The van der Waals surface area contributed by atoms with E-state index in [1.807, 2.05) is 0 Å². The summed E-state index contributed by atoms with van der Waals surface area (Å²) < 4.78 is 41.6. The third kappa shape index (κ3) is 4.92. The van der Waals surface area contributed by atoms with Crippen LogP contribution in [0.2, 0.25) is 0 Å². The molecule has 6 nitrogen and oxygen atoms in total. The van der Waals surface area contributed by atoms with Crippen LogP contribution >= 0.6 is 0 Å². The van der Waals surface area contributed by atoms with E-state index in [0.717, 1.165) is 32.0 Å². The molecular formula is C13H20FN3O3S. The number of hydrogen-bond acceptors (Lipinski definition) is 5. The summed E-state index contributed by atoms with van der Waals surface area (Å²) in [6.07, 6.45) is 2.22. The predicted molar refractivity (Wildman–Crippen MR) is 78.1 cm³/mol. The first-order valence-corrected chi connectivity index (χ1v) is 8.40. The summed E-state index contributed by atoms with van der Waals surface area (Å²) in [5.41, 5.74) is 0.233. The predicted octanol–water partition coefficient (Wildman–Crippen LogP) is 0.654. The van der Waals surface area contributed by atoms with Crippen LogP contribution in [0, 0.1) is 5.82 Å². The Hall–Kier alpha value is -1.22. The molecular weight excluding hydrogens is 297 g/mol. The number of rotatable bonds is 6. The van der Waals surface area contributed by atoms with Crippen molar-refractivity contribution in [3.05, 3.63) is 24.0 Å². The maximum Gasteiger partial charge on any atom is 0.238 e. The van der Waals surface area contributed by atoms with Crippen molar-refractivity contribution in [2.75, 3.05) is 31.6 Å². The fourth-order valence-corrected chi connectivity index (χ4v) is 2.72. The molecule has 0 aromatic heterocycles. The van der Waals surface area contributed by atoms with Crippen LogP contribution in [0.1, 0.15) is 12.8 Å². The molecule has 21 heavy (non-hydrogen) atoms. The molecule has 0 saturated carbocycles. The maximum atomic E-state index is 13.7. The van der Waals surface area contributed by atoms with Gasteiger partial charge < -0.3 is 15.4 Å². The molecule has 0 atom stereocenters. The number of primary sulfonamides is 1. The number of sulfonamides is 1. The molecule has 1 aromatic rings. The number of piperidine rings is 1. The zero-order chi connectivity index (χ0) is 15.3. The number of benzene rings is 1. The second-order valence-corrected chi connectivity index (χ2v) is 6.50. The third-order valence-corrected chi connectivity index (χ3v) is 4.24. The van der Waals surface area contributed by atoms with Crippen LogP contribution in [0.5, 0.6) is 0 Å². The normalized spacial score (nSPS) is 16.9. The van der Waals surface area contributed by atoms with E-state index in [9.17, 15) is 12.8 Å². The van der Waals surface area contributed by atoms with Crippen molar-refractivity contribution >= 4 is 15.7 Å². The Labute approximate surface area is 123 Å². The Morgan fingerprint density at radius 3 is 2.71 bits per heavy atom. The SMILES string of the molecule is NS(=O)(=O)c1ccc(NCCOC2CCNCC2)c(F)c1. The van der Waals surface area contributed by atoms with E-state index in [2.05, 4.69) is 10.6 Å². The van der Waals surface area contributed by atoms with Gasteiger partial charge in [-0.1, -0.05) is 0 Å². The van der Waals surface area contributed by atoms with Gasteiger partial charge in [0.2, 0.25) is 10.0 Å². The average molecular weight is 317 g/mol. The van der Waals surface area contributed by atoms with Crippen molar-refractivity contribution < 1.29 is 17.5 Å². The molecule has 0 aliphatic carbocycles. The number of nitrogens with one attached hydrogen (secondary N) is 2. The second kappa shape index (κ2) is 7.17. The Bertz CT molecular complexity index is 574. The van der Waals surface area contributed by atoms with E-state index in [4.69, 9.17) is 9.88 Å². The largest absolute Gasteiger partial charge is 0.380 e. The van der Waals surface area contributed by atoms with Gasteiger partial charge in [-0.25, -0.2) is 17.9 Å². The molecule has 1 aliphatic rings. The third-order valence-electron chi connectivity index (χ3n) is 3.33. The van der Waals surface area contributed by atoms with Crippen LogP contribution in [-0.4, -0.2) is 40.8 Å². The summed E-state index contributed by atoms with van der Waals surface area (Å²) in [6.45, 7) is 2.85. The molecule has 1 fully saturated rings. The molecule has 8 heteroatoms. The van der Waals surface area contributed by atoms with Gasteiger partial charge in [-0.2, -0.15) is 0 Å². The second-order valence-electron chi connectivity index (χ2n) is 4.93. The minimum absolute atomic E-state index is 0.233. The molecule has 1 heterocycles. The Balaban J connectivity index is 1.80. The summed E-state index contributed by atoms with van der Waals surface area (Å²) in [4.78, 5) is -0.239.